The van der Waals surface area contributed by atoms with E-state index in [2.05, 4.69) is 5.32 Å². The lowest BCUT2D eigenvalue weighted by Gasteiger charge is -2.37. The summed E-state index contributed by atoms with van der Waals surface area (Å²) in [5.41, 5.74) is 13.5. The molecule has 0 aliphatic heterocycles. The first-order valence-corrected chi connectivity index (χ1v) is 7.35. The molecule has 0 heterocycles. The molecular weight excluding hydrogens is 250 g/mol. The summed E-state index contributed by atoms with van der Waals surface area (Å²) < 4.78 is 0. The quantitative estimate of drug-likeness (QED) is 0.793. The number of nitrogens with two attached hydrogens (primary N) is 2. The van der Waals surface area contributed by atoms with Crippen molar-refractivity contribution in [3.8, 4) is 0 Å². The number of hydrogen-bond acceptors (Lipinski definition) is 3. The van der Waals surface area contributed by atoms with Crippen LogP contribution in [-0.2, 0) is 4.79 Å². The first-order chi connectivity index (χ1) is 9.40. The Morgan fingerprint density at radius 3 is 2.55 bits per heavy atom. The summed E-state index contributed by atoms with van der Waals surface area (Å²) in [6.45, 7) is 3.92. The van der Waals surface area contributed by atoms with Crippen molar-refractivity contribution in [2.24, 2.45) is 17.4 Å². The van der Waals surface area contributed by atoms with Crippen LogP contribution in [0.1, 0.15) is 51.1 Å². The summed E-state index contributed by atoms with van der Waals surface area (Å²) in [6.07, 6.45) is 3.97. The van der Waals surface area contributed by atoms with Gasteiger partial charge in [0.1, 0.15) is 0 Å². The first kappa shape index (κ1) is 15.0. The maximum Gasteiger partial charge on any atom is 0.229 e. The van der Waals surface area contributed by atoms with Crippen molar-refractivity contribution in [3.63, 3.8) is 0 Å². The predicted octanol–water partition coefficient (Wildman–Crippen LogP) is 2.55. The minimum Gasteiger partial charge on any atom is -0.326 e. The molecule has 0 saturated heterocycles. The van der Waals surface area contributed by atoms with Crippen molar-refractivity contribution in [2.75, 3.05) is 5.32 Å². The molecule has 4 nitrogen and oxygen atoms in total. The zero-order chi connectivity index (χ0) is 14.8. The molecule has 0 bridgehead atoms. The van der Waals surface area contributed by atoms with Crippen LogP contribution in [-0.4, -0.2) is 11.4 Å². The van der Waals surface area contributed by atoms with Gasteiger partial charge in [-0.3, -0.25) is 4.79 Å². The SMILES string of the molecule is CC(N)c1ccc(NC(=O)C2CCCCC2(C)N)cc1. The van der Waals surface area contributed by atoms with E-state index < -0.39 is 5.54 Å². The minimum absolute atomic E-state index is 0.00503. The largest absolute Gasteiger partial charge is 0.326 e. The van der Waals surface area contributed by atoms with Gasteiger partial charge < -0.3 is 16.8 Å². The van der Waals surface area contributed by atoms with E-state index in [0.717, 1.165) is 36.9 Å². The molecule has 4 heteroatoms. The Labute approximate surface area is 120 Å². The summed E-state index contributed by atoms with van der Waals surface area (Å²) in [7, 11) is 0. The van der Waals surface area contributed by atoms with E-state index in [9.17, 15) is 4.79 Å². The molecule has 1 aromatic rings. The molecule has 1 aliphatic rings. The lowest BCUT2D eigenvalue weighted by molar-refractivity contribution is -0.122. The Morgan fingerprint density at radius 1 is 1.35 bits per heavy atom. The average Bonchev–Trinajstić information content (AvgIpc) is 2.38. The lowest BCUT2D eigenvalue weighted by Crippen LogP contribution is -2.51. The fraction of sp³-hybridized carbons (Fsp3) is 0.562. The Morgan fingerprint density at radius 2 is 2.00 bits per heavy atom. The molecule has 0 aromatic heterocycles. The summed E-state index contributed by atoms with van der Waals surface area (Å²) in [4.78, 5) is 12.4. The van der Waals surface area contributed by atoms with Crippen molar-refractivity contribution >= 4 is 11.6 Å². The Hall–Kier alpha value is -1.39. The zero-order valence-corrected chi connectivity index (χ0v) is 12.4. The van der Waals surface area contributed by atoms with E-state index in [-0.39, 0.29) is 17.9 Å². The maximum absolute atomic E-state index is 12.4. The minimum atomic E-state index is -0.395. The molecule has 5 N–H and O–H groups in total. The number of hydrogen-bond donors (Lipinski definition) is 3. The topological polar surface area (TPSA) is 81.1 Å². The van der Waals surface area contributed by atoms with E-state index in [4.69, 9.17) is 11.5 Å². The number of carbonyl (C=O) groups is 1. The average molecular weight is 275 g/mol. The van der Waals surface area contributed by atoms with Gasteiger partial charge in [-0.05, 0) is 44.4 Å². The second kappa shape index (κ2) is 5.94. The highest BCUT2D eigenvalue weighted by Gasteiger charge is 2.37. The third kappa shape index (κ3) is 3.38. The number of rotatable bonds is 3. The second-order valence-electron chi connectivity index (χ2n) is 6.20. The van der Waals surface area contributed by atoms with Crippen molar-refractivity contribution in [2.45, 2.75) is 51.1 Å². The van der Waals surface area contributed by atoms with Gasteiger partial charge in [0.2, 0.25) is 5.91 Å². The van der Waals surface area contributed by atoms with Gasteiger partial charge >= 0.3 is 0 Å². The van der Waals surface area contributed by atoms with E-state index >= 15 is 0 Å². The number of anilines is 1. The summed E-state index contributed by atoms with van der Waals surface area (Å²) in [6, 6.07) is 7.69. The number of carbonyl (C=O) groups excluding carboxylic acids is 1. The predicted molar refractivity (Wildman–Crippen MR) is 82.2 cm³/mol. The molecule has 1 aliphatic carbocycles. The number of amides is 1. The molecule has 1 fully saturated rings. The van der Waals surface area contributed by atoms with Crippen LogP contribution in [0.5, 0.6) is 0 Å². The van der Waals surface area contributed by atoms with Crippen LogP contribution in [0.25, 0.3) is 0 Å². The van der Waals surface area contributed by atoms with Gasteiger partial charge in [-0.25, -0.2) is 0 Å². The van der Waals surface area contributed by atoms with Crippen molar-refractivity contribution in [1.82, 2.24) is 0 Å². The van der Waals surface area contributed by atoms with Gasteiger partial charge in [0, 0.05) is 17.3 Å². The molecule has 110 valence electrons. The van der Waals surface area contributed by atoms with E-state index in [1.54, 1.807) is 0 Å². The van der Waals surface area contributed by atoms with Crippen molar-refractivity contribution in [1.29, 1.82) is 0 Å². The van der Waals surface area contributed by atoms with Gasteiger partial charge in [-0.1, -0.05) is 25.0 Å². The van der Waals surface area contributed by atoms with Gasteiger partial charge in [0.25, 0.3) is 0 Å². The maximum atomic E-state index is 12.4. The third-order valence-electron chi connectivity index (χ3n) is 4.27. The van der Waals surface area contributed by atoms with Crippen LogP contribution in [0.3, 0.4) is 0 Å². The van der Waals surface area contributed by atoms with Crippen molar-refractivity contribution in [3.05, 3.63) is 29.8 Å². The van der Waals surface area contributed by atoms with E-state index in [1.165, 1.54) is 0 Å². The molecule has 0 spiro atoms. The molecule has 1 amide bonds. The van der Waals surface area contributed by atoms with Gasteiger partial charge in [0.15, 0.2) is 0 Å². The summed E-state index contributed by atoms with van der Waals surface area (Å²) in [5, 5.41) is 2.97. The number of benzene rings is 1. The van der Waals surface area contributed by atoms with Crippen molar-refractivity contribution < 1.29 is 4.79 Å². The molecular formula is C16H25N3O. The Kier molecular flexibility index (Phi) is 4.45. The molecule has 20 heavy (non-hydrogen) atoms. The summed E-state index contributed by atoms with van der Waals surface area (Å²) in [5.74, 6) is -0.0763. The fourth-order valence-corrected chi connectivity index (χ4v) is 2.89. The van der Waals surface area contributed by atoms with Crippen LogP contribution in [0.2, 0.25) is 0 Å². The molecule has 0 radical (unpaired) electrons. The smallest absolute Gasteiger partial charge is 0.229 e. The van der Waals surface area contributed by atoms with Crippen LogP contribution >= 0.6 is 0 Å². The molecule has 1 aromatic carbocycles. The molecule has 3 atom stereocenters. The standard InChI is InChI=1S/C16H25N3O/c1-11(17)12-6-8-13(9-7-12)19-15(20)14-5-3-4-10-16(14,2)18/h6-9,11,14H,3-5,10,17-18H2,1-2H3,(H,19,20). The zero-order valence-electron chi connectivity index (χ0n) is 12.4. The molecule has 3 unspecified atom stereocenters. The van der Waals surface area contributed by atoms with Crippen LogP contribution in [0, 0.1) is 5.92 Å². The van der Waals surface area contributed by atoms with Gasteiger partial charge in [-0.15, -0.1) is 0 Å². The van der Waals surface area contributed by atoms with Gasteiger partial charge in [0.05, 0.1) is 5.92 Å². The molecule has 2 rings (SSSR count). The van der Waals surface area contributed by atoms with Crippen LogP contribution in [0.15, 0.2) is 24.3 Å². The fourth-order valence-electron chi connectivity index (χ4n) is 2.89. The highest BCUT2D eigenvalue weighted by atomic mass is 16.1. The Balaban J connectivity index is 2.03. The van der Waals surface area contributed by atoms with Crippen LogP contribution in [0.4, 0.5) is 5.69 Å². The first-order valence-electron chi connectivity index (χ1n) is 7.35. The normalized spacial score (nSPS) is 27.9. The second-order valence-corrected chi connectivity index (χ2v) is 6.20. The van der Waals surface area contributed by atoms with Gasteiger partial charge in [-0.2, -0.15) is 0 Å². The Bertz CT molecular complexity index is 465. The highest BCUT2D eigenvalue weighted by molar-refractivity contribution is 5.93. The molecule has 1 saturated carbocycles. The lowest BCUT2D eigenvalue weighted by atomic mass is 9.74. The summed E-state index contributed by atoms with van der Waals surface area (Å²) >= 11 is 0. The third-order valence-corrected chi connectivity index (χ3v) is 4.27. The monoisotopic (exact) mass is 275 g/mol. The number of nitrogens with one attached hydrogen (secondary N) is 1. The van der Waals surface area contributed by atoms with E-state index in [1.807, 2.05) is 38.1 Å². The van der Waals surface area contributed by atoms with Crippen LogP contribution < -0.4 is 16.8 Å². The van der Waals surface area contributed by atoms with E-state index in [0.29, 0.717) is 0 Å². The highest BCUT2D eigenvalue weighted by Crippen LogP contribution is 2.32.